The van der Waals surface area contributed by atoms with E-state index in [4.69, 9.17) is 9.15 Å². The molecule has 25 heavy (non-hydrogen) atoms. The van der Waals surface area contributed by atoms with Crippen molar-refractivity contribution in [2.75, 3.05) is 37.7 Å². The maximum Gasteiger partial charge on any atom is 0.289 e. The Morgan fingerprint density at radius 1 is 1.20 bits per heavy atom. The molecule has 0 N–H and O–H groups in total. The summed E-state index contributed by atoms with van der Waals surface area (Å²) in [6.07, 6.45) is 3.89. The number of morpholine rings is 1. The van der Waals surface area contributed by atoms with E-state index in [2.05, 4.69) is 14.9 Å². The van der Waals surface area contributed by atoms with Crippen molar-refractivity contribution < 1.29 is 13.9 Å². The highest BCUT2D eigenvalue weighted by atomic mass is 16.5. The molecule has 4 rings (SSSR count). The molecular weight excluding hydrogens is 320 g/mol. The molecular formula is C18H22N4O3. The lowest BCUT2D eigenvalue weighted by atomic mass is 10.2. The predicted octanol–water partition coefficient (Wildman–Crippen LogP) is 2.19. The van der Waals surface area contributed by atoms with E-state index in [-0.39, 0.29) is 12.0 Å². The van der Waals surface area contributed by atoms with Crippen molar-refractivity contribution in [3.8, 4) is 0 Å². The first-order valence-electron chi connectivity index (χ1n) is 8.76. The summed E-state index contributed by atoms with van der Waals surface area (Å²) < 4.78 is 11.3. The molecule has 2 saturated heterocycles. The summed E-state index contributed by atoms with van der Waals surface area (Å²) in [5.41, 5.74) is 0.824. The van der Waals surface area contributed by atoms with Gasteiger partial charge in [0.05, 0.1) is 18.8 Å². The number of amides is 1. The lowest BCUT2D eigenvalue weighted by Crippen LogP contribution is -2.42. The monoisotopic (exact) mass is 342 g/mol. The maximum absolute atomic E-state index is 12.6. The normalized spacial score (nSPS) is 20.9. The van der Waals surface area contributed by atoms with E-state index in [0.717, 1.165) is 30.5 Å². The molecule has 7 heteroatoms. The summed E-state index contributed by atoms with van der Waals surface area (Å²) in [5, 5.41) is 0. The second-order valence-electron chi connectivity index (χ2n) is 6.50. The van der Waals surface area contributed by atoms with Crippen LogP contribution in [-0.2, 0) is 4.74 Å². The quantitative estimate of drug-likeness (QED) is 0.851. The van der Waals surface area contributed by atoms with Crippen molar-refractivity contribution in [2.24, 2.45) is 0 Å². The van der Waals surface area contributed by atoms with Gasteiger partial charge in [-0.1, -0.05) is 0 Å². The first-order valence-corrected chi connectivity index (χ1v) is 8.76. The summed E-state index contributed by atoms with van der Waals surface area (Å²) in [5.74, 6) is 1.76. The number of nitrogens with zero attached hydrogens (tertiary/aromatic N) is 4. The van der Waals surface area contributed by atoms with Crippen LogP contribution in [0, 0.1) is 6.92 Å². The number of aromatic nitrogens is 2. The molecule has 0 saturated carbocycles. The van der Waals surface area contributed by atoms with Crippen LogP contribution in [0.25, 0.3) is 0 Å². The molecule has 0 aromatic carbocycles. The van der Waals surface area contributed by atoms with Crippen LogP contribution in [0.5, 0.6) is 0 Å². The lowest BCUT2D eigenvalue weighted by molar-refractivity contribution is -0.0256. The Labute approximate surface area is 146 Å². The van der Waals surface area contributed by atoms with Crippen LogP contribution in [0.15, 0.2) is 28.8 Å². The summed E-state index contributed by atoms with van der Waals surface area (Å²) in [7, 11) is 0. The molecule has 1 amide bonds. The summed E-state index contributed by atoms with van der Waals surface area (Å²) in [4.78, 5) is 25.6. The molecule has 1 atom stereocenters. The molecule has 0 bridgehead atoms. The van der Waals surface area contributed by atoms with Gasteiger partial charge in [-0.3, -0.25) is 4.79 Å². The third-order valence-electron chi connectivity index (χ3n) is 4.69. The molecule has 132 valence electrons. The van der Waals surface area contributed by atoms with Crippen LogP contribution in [-0.4, -0.2) is 53.6 Å². The topological polar surface area (TPSA) is 71.7 Å². The SMILES string of the molecule is Cc1ccc(C(=O)N2CCOC(c3ccnc(N4CCCC4)n3)C2)o1. The van der Waals surface area contributed by atoms with Crippen LogP contribution in [0.2, 0.25) is 0 Å². The second-order valence-corrected chi connectivity index (χ2v) is 6.50. The van der Waals surface area contributed by atoms with Gasteiger partial charge >= 0.3 is 0 Å². The van der Waals surface area contributed by atoms with Crippen molar-refractivity contribution in [3.63, 3.8) is 0 Å². The first kappa shape index (κ1) is 16.1. The largest absolute Gasteiger partial charge is 0.456 e. The molecule has 0 radical (unpaired) electrons. The van der Waals surface area contributed by atoms with Crippen molar-refractivity contribution in [3.05, 3.63) is 41.6 Å². The molecule has 0 spiro atoms. The van der Waals surface area contributed by atoms with Gasteiger partial charge in [0.1, 0.15) is 11.9 Å². The zero-order chi connectivity index (χ0) is 17.2. The van der Waals surface area contributed by atoms with Gasteiger partial charge in [-0.25, -0.2) is 9.97 Å². The van der Waals surface area contributed by atoms with Crippen LogP contribution in [0.3, 0.4) is 0 Å². The molecule has 2 aromatic rings. The highest BCUT2D eigenvalue weighted by Gasteiger charge is 2.29. The van der Waals surface area contributed by atoms with E-state index in [1.54, 1.807) is 23.2 Å². The van der Waals surface area contributed by atoms with Crippen molar-refractivity contribution >= 4 is 11.9 Å². The van der Waals surface area contributed by atoms with E-state index in [1.807, 2.05) is 13.0 Å². The third kappa shape index (κ3) is 3.37. The minimum absolute atomic E-state index is 0.102. The Morgan fingerprint density at radius 3 is 2.80 bits per heavy atom. The van der Waals surface area contributed by atoms with Gasteiger partial charge in [0.25, 0.3) is 5.91 Å². The summed E-state index contributed by atoms with van der Waals surface area (Å²) in [6, 6.07) is 5.39. The highest BCUT2D eigenvalue weighted by Crippen LogP contribution is 2.24. The fourth-order valence-electron chi connectivity index (χ4n) is 3.33. The zero-order valence-corrected chi connectivity index (χ0v) is 14.4. The fourth-order valence-corrected chi connectivity index (χ4v) is 3.33. The van der Waals surface area contributed by atoms with Crippen molar-refractivity contribution in [1.82, 2.24) is 14.9 Å². The minimum Gasteiger partial charge on any atom is -0.456 e. The predicted molar refractivity (Wildman–Crippen MR) is 91.5 cm³/mol. The number of ether oxygens (including phenoxy) is 1. The average Bonchev–Trinajstić information content (AvgIpc) is 3.33. The average molecular weight is 342 g/mol. The highest BCUT2D eigenvalue weighted by molar-refractivity contribution is 5.91. The van der Waals surface area contributed by atoms with Crippen LogP contribution in [0.1, 0.15) is 41.0 Å². The molecule has 1 unspecified atom stereocenters. The second kappa shape index (κ2) is 6.84. The van der Waals surface area contributed by atoms with Crippen molar-refractivity contribution in [1.29, 1.82) is 0 Å². The van der Waals surface area contributed by atoms with Crippen LogP contribution in [0.4, 0.5) is 5.95 Å². The molecule has 2 aromatic heterocycles. The van der Waals surface area contributed by atoms with Crippen LogP contribution < -0.4 is 4.90 Å². The Morgan fingerprint density at radius 2 is 2.04 bits per heavy atom. The molecule has 7 nitrogen and oxygen atoms in total. The number of carbonyl (C=O) groups excluding carboxylic acids is 1. The van der Waals surface area contributed by atoms with Gasteiger partial charge in [0, 0.05) is 25.8 Å². The molecule has 4 heterocycles. The van der Waals surface area contributed by atoms with Gasteiger partial charge in [-0.2, -0.15) is 0 Å². The van der Waals surface area contributed by atoms with Gasteiger partial charge in [0.15, 0.2) is 5.76 Å². The number of furan rings is 1. The first-order chi connectivity index (χ1) is 12.2. The smallest absolute Gasteiger partial charge is 0.289 e. The van der Waals surface area contributed by atoms with Gasteiger partial charge in [0.2, 0.25) is 5.95 Å². The summed E-state index contributed by atoms with van der Waals surface area (Å²) in [6.45, 7) is 5.34. The Bertz CT molecular complexity index is 754. The maximum atomic E-state index is 12.6. The van der Waals surface area contributed by atoms with Gasteiger partial charge < -0.3 is 19.0 Å². The Kier molecular flexibility index (Phi) is 4.40. The van der Waals surface area contributed by atoms with E-state index in [1.165, 1.54) is 12.8 Å². The number of hydrogen-bond acceptors (Lipinski definition) is 6. The van der Waals surface area contributed by atoms with E-state index < -0.39 is 0 Å². The number of carbonyl (C=O) groups is 1. The van der Waals surface area contributed by atoms with E-state index in [9.17, 15) is 4.79 Å². The summed E-state index contributed by atoms with van der Waals surface area (Å²) >= 11 is 0. The van der Waals surface area contributed by atoms with Crippen molar-refractivity contribution in [2.45, 2.75) is 25.9 Å². The van der Waals surface area contributed by atoms with E-state index in [0.29, 0.717) is 25.5 Å². The number of anilines is 1. The fraction of sp³-hybridized carbons (Fsp3) is 0.500. The molecule has 2 aliphatic heterocycles. The molecule has 2 aliphatic rings. The third-order valence-corrected chi connectivity index (χ3v) is 4.69. The standard InChI is InChI=1S/C18H22N4O3/c1-13-4-5-15(25-13)17(23)22-10-11-24-16(12-22)14-6-7-19-18(20-14)21-8-2-3-9-21/h4-7,16H,2-3,8-12H2,1H3. The lowest BCUT2D eigenvalue weighted by Gasteiger charge is -2.32. The molecule has 0 aliphatic carbocycles. The number of aryl methyl sites for hydroxylation is 1. The Balaban J connectivity index is 1.49. The van der Waals surface area contributed by atoms with Gasteiger partial charge in [-0.05, 0) is 38.0 Å². The van der Waals surface area contributed by atoms with Crippen LogP contribution >= 0.6 is 0 Å². The Hall–Kier alpha value is -2.41. The minimum atomic E-state index is -0.238. The molecule has 2 fully saturated rings. The zero-order valence-electron chi connectivity index (χ0n) is 14.4. The van der Waals surface area contributed by atoms with Gasteiger partial charge in [-0.15, -0.1) is 0 Å². The number of rotatable bonds is 3. The van der Waals surface area contributed by atoms with E-state index >= 15 is 0 Å². The number of hydrogen-bond donors (Lipinski definition) is 0.